The number of hydrogen-bond donors (Lipinski definition) is 4. The molecule has 4 atom stereocenters. The van der Waals surface area contributed by atoms with E-state index in [1.165, 1.54) is 36.5 Å². The number of aromatic nitrogens is 2. The van der Waals surface area contributed by atoms with E-state index in [9.17, 15) is 18.3 Å². The van der Waals surface area contributed by atoms with Crippen molar-refractivity contribution >= 4 is 56.4 Å². The maximum atomic E-state index is 13.6. The molecule has 0 saturated heterocycles. The Morgan fingerprint density at radius 1 is 1.24 bits per heavy atom. The molecule has 14 heteroatoms. The minimum atomic E-state index is -3.96. The Morgan fingerprint density at radius 2 is 2.05 bits per heavy atom. The van der Waals surface area contributed by atoms with E-state index in [0.717, 1.165) is 24.1 Å². The van der Waals surface area contributed by atoms with Gasteiger partial charge in [0.15, 0.2) is 0 Å². The molecule has 1 saturated carbocycles. The van der Waals surface area contributed by atoms with Gasteiger partial charge in [0.2, 0.25) is 5.78 Å². The molecule has 0 bridgehead atoms. The van der Waals surface area contributed by atoms with Crippen molar-refractivity contribution in [3.63, 3.8) is 0 Å². The summed E-state index contributed by atoms with van der Waals surface area (Å²) >= 11 is 14.1. The van der Waals surface area contributed by atoms with Gasteiger partial charge in [-0.05, 0) is 48.6 Å². The molecule has 202 valence electrons. The Hall–Kier alpha value is -2.16. The van der Waals surface area contributed by atoms with Gasteiger partial charge in [-0.2, -0.15) is 13.1 Å². The van der Waals surface area contributed by atoms with Crippen LogP contribution in [0.2, 0.25) is 9.36 Å². The molecule has 3 aromatic rings. The lowest BCUT2D eigenvalue weighted by Gasteiger charge is -2.27. The van der Waals surface area contributed by atoms with Crippen LogP contribution in [0.1, 0.15) is 50.8 Å². The number of fused-ring (bicyclic) bond motifs is 1. The van der Waals surface area contributed by atoms with Crippen LogP contribution in [0.15, 0.2) is 36.8 Å². The molecule has 5 rings (SSSR count). The molecule has 1 aromatic carbocycles. The number of halogens is 2. The minimum absolute atomic E-state index is 0.196. The van der Waals surface area contributed by atoms with Crippen LogP contribution in [0.3, 0.4) is 0 Å². The van der Waals surface area contributed by atoms with Gasteiger partial charge in [-0.15, -0.1) is 11.3 Å². The maximum absolute atomic E-state index is 13.6. The predicted octanol–water partition coefficient (Wildman–Crippen LogP) is 3.10. The number of rotatable bonds is 8. The summed E-state index contributed by atoms with van der Waals surface area (Å²) in [5, 5.41) is 17.6. The van der Waals surface area contributed by atoms with Crippen molar-refractivity contribution in [2.24, 2.45) is 0 Å². The summed E-state index contributed by atoms with van der Waals surface area (Å²) in [6.45, 7) is 0.767. The number of aliphatic hydroxyl groups is 1. The Kier molecular flexibility index (Phi) is 8.04. The summed E-state index contributed by atoms with van der Waals surface area (Å²) in [6, 6.07) is 7.02. The topological polar surface area (TPSA) is 143 Å². The number of thiophene rings is 1. The third-order valence-corrected chi connectivity index (χ3v) is 9.30. The first-order valence-corrected chi connectivity index (χ1v) is 14.8. The Balaban J connectivity index is 1.37. The monoisotopic (exact) mass is 597 g/mol. The number of carbonyl (C=O) groups excluding carboxylic acids is 1. The van der Waals surface area contributed by atoms with Crippen LogP contribution < -0.4 is 15.4 Å². The van der Waals surface area contributed by atoms with Crippen molar-refractivity contribution in [1.82, 2.24) is 20.0 Å². The van der Waals surface area contributed by atoms with Crippen molar-refractivity contribution in [2.45, 2.75) is 43.6 Å². The van der Waals surface area contributed by atoms with Crippen molar-refractivity contribution in [1.29, 1.82) is 0 Å². The van der Waals surface area contributed by atoms with Gasteiger partial charge in [-0.25, -0.2) is 9.97 Å². The van der Waals surface area contributed by atoms with Gasteiger partial charge in [0.25, 0.3) is 0 Å². The summed E-state index contributed by atoms with van der Waals surface area (Å²) in [4.78, 5) is 22.3. The van der Waals surface area contributed by atoms with Crippen molar-refractivity contribution in [3.05, 3.63) is 73.3 Å². The second-order valence-corrected chi connectivity index (χ2v) is 12.7. The smallest absolute Gasteiger partial charge is 0.335 e. The van der Waals surface area contributed by atoms with Gasteiger partial charge in [0.1, 0.15) is 18.2 Å². The van der Waals surface area contributed by atoms with E-state index < -0.39 is 22.5 Å². The largest absolute Gasteiger partial charge is 0.390 e. The highest BCUT2D eigenvalue weighted by Gasteiger charge is 2.37. The van der Waals surface area contributed by atoms with E-state index >= 15 is 0 Å². The first-order valence-electron chi connectivity index (χ1n) is 11.9. The molecular weight excluding hydrogens is 573 g/mol. The first kappa shape index (κ1) is 27.4. The van der Waals surface area contributed by atoms with Crippen LogP contribution in [-0.4, -0.2) is 61.1 Å². The van der Waals surface area contributed by atoms with Crippen LogP contribution >= 0.6 is 34.5 Å². The van der Waals surface area contributed by atoms with Crippen molar-refractivity contribution in [2.75, 3.05) is 18.9 Å². The van der Waals surface area contributed by atoms with Gasteiger partial charge < -0.3 is 15.7 Å². The zero-order valence-electron chi connectivity index (χ0n) is 20.1. The van der Waals surface area contributed by atoms with Gasteiger partial charge >= 0.3 is 10.3 Å². The average molecular weight is 599 g/mol. The number of ketones is 1. The molecule has 38 heavy (non-hydrogen) atoms. The van der Waals surface area contributed by atoms with Crippen molar-refractivity contribution < 1.29 is 22.5 Å². The molecule has 1 aliphatic carbocycles. The Bertz CT molecular complexity index is 1470. The Labute approximate surface area is 234 Å². The Morgan fingerprint density at radius 3 is 2.84 bits per heavy atom. The molecule has 1 aliphatic heterocycles. The number of nitrogens with one attached hydrogen (secondary N) is 3. The van der Waals surface area contributed by atoms with Gasteiger partial charge in [0.05, 0.1) is 26.9 Å². The fourth-order valence-corrected chi connectivity index (χ4v) is 6.94. The van der Waals surface area contributed by atoms with E-state index in [1.807, 2.05) is 18.2 Å². The number of nitrogens with zero attached hydrogens (tertiary/aromatic N) is 2. The second kappa shape index (κ2) is 11.1. The molecule has 4 N–H and O–H groups in total. The van der Waals surface area contributed by atoms with Crippen LogP contribution in [-0.2, 0) is 20.9 Å². The zero-order valence-corrected chi connectivity index (χ0v) is 23.3. The SMILES string of the molecule is CNS(=O)(=O)O[C@@H]1C[C@H](Nc2ncncc2C(=O)c2cc(C3NCCc4ccc(Cl)cc43)c(Cl)s2)C[C@@H]1O. The third kappa shape index (κ3) is 5.73. The molecule has 0 spiro atoms. The molecule has 2 aliphatic rings. The number of aliphatic hydroxyl groups excluding tert-OH is 1. The average Bonchev–Trinajstić information content (AvgIpc) is 3.44. The highest BCUT2D eigenvalue weighted by Crippen LogP contribution is 2.39. The number of anilines is 1. The summed E-state index contributed by atoms with van der Waals surface area (Å²) in [7, 11) is -2.74. The quantitative estimate of drug-likeness (QED) is 0.288. The van der Waals surface area contributed by atoms with Gasteiger partial charge in [0, 0.05) is 36.4 Å². The summed E-state index contributed by atoms with van der Waals surface area (Å²) < 4.78 is 31.1. The van der Waals surface area contributed by atoms with E-state index in [0.29, 0.717) is 14.2 Å². The lowest BCUT2D eigenvalue weighted by atomic mass is 9.91. The van der Waals surface area contributed by atoms with E-state index in [2.05, 4.69) is 25.3 Å². The summed E-state index contributed by atoms with van der Waals surface area (Å²) in [6.07, 6.45) is 2.08. The van der Waals surface area contributed by atoms with E-state index in [-0.39, 0.29) is 42.1 Å². The lowest BCUT2D eigenvalue weighted by molar-refractivity contribution is 0.0636. The fraction of sp³-hybridized carbons (Fsp3) is 0.375. The second-order valence-electron chi connectivity index (χ2n) is 9.11. The lowest BCUT2D eigenvalue weighted by Crippen LogP contribution is -2.31. The standard InChI is InChI=1S/C24H25Cl2N5O5S2/c1-27-38(34,35)36-19-8-14(7-18(19)32)31-24-17(10-28-11-30-24)22(33)20-9-16(23(26)37-20)21-15-6-13(25)3-2-12(15)4-5-29-21/h2-3,6,9-11,14,18-19,21,27,29,32H,4-5,7-8H2,1H3,(H,28,30,31)/t14-,18+,19-,21?/m1/s1. The summed E-state index contributed by atoms with van der Waals surface area (Å²) in [5.74, 6) is -0.0317. The highest BCUT2D eigenvalue weighted by atomic mass is 35.5. The van der Waals surface area contributed by atoms with Crippen LogP contribution in [0.5, 0.6) is 0 Å². The van der Waals surface area contributed by atoms with Crippen LogP contribution in [0.25, 0.3) is 0 Å². The zero-order chi connectivity index (χ0) is 27.0. The van der Waals surface area contributed by atoms with Gasteiger partial charge in [-0.1, -0.05) is 29.3 Å². The van der Waals surface area contributed by atoms with E-state index in [1.54, 1.807) is 6.07 Å². The van der Waals surface area contributed by atoms with Crippen molar-refractivity contribution in [3.8, 4) is 0 Å². The van der Waals surface area contributed by atoms with E-state index in [4.69, 9.17) is 27.4 Å². The highest BCUT2D eigenvalue weighted by molar-refractivity contribution is 7.84. The molecule has 3 heterocycles. The summed E-state index contributed by atoms with van der Waals surface area (Å²) in [5.41, 5.74) is 3.24. The first-order chi connectivity index (χ1) is 18.1. The molecule has 10 nitrogen and oxygen atoms in total. The van der Waals surface area contributed by atoms with Crippen LogP contribution in [0.4, 0.5) is 5.82 Å². The predicted molar refractivity (Wildman–Crippen MR) is 145 cm³/mol. The molecular formula is C24H25Cl2N5O5S2. The van der Waals surface area contributed by atoms with Gasteiger partial charge in [-0.3, -0.25) is 8.98 Å². The fourth-order valence-electron chi connectivity index (χ4n) is 4.84. The molecule has 0 amide bonds. The molecule has 2 aromatic heterocycles. The number of hydrogen-bond acceptors (Lipinski definition) is 10. The number of benzene rings is 1. The normalized spacial score (nSPS) is 23.3. The molecule has 1 unspecified atom stereocenters. The number of carbonyl (C=O) groups is 1. The maximum Gasteiger partial charge on any atom is 0.335 e. The third-order valence-electron chi connectivity index (χ3n) is 6.68. The molecule has 0 radical (unpaired) electrons. The minimum Gasteiger partial charge on any atom is -0.390 e. The molecule has 1 fully saturated rings. The van der Waals surface area contributed by atoms with Crippen LogP contribution in [0, 0.1) is 0 Å².